The molecule has 0 amide bonds. The SMILES string of the molecule is OC1CCN(CCCC(F)(F)F)c2ccccc21. The minimum absolute atomic E-state index is 0.0912. The summed E-state index contributed by atoms with van der Waals surface area (Å²) in [7, 11) is 0. The number of alkyl halides is 3. The van der Waals surface area contributed by atoms with E-state index in [0.717, 1.165) is 11.3 Å². The zero-order chi connectivity index (χ0) is 13.2. The summed E-state index contributed by atoms with van der Waals surface area (Å²) in [6, 6.07) is 7.36. The van der Waals surface area contributed by atoms with Crippen LogP contribution in [0.2, 0.25) is 0 Å². The van der Waals surface area contributed by atoms with Gasteiger partial charge in [0.15, 0.2) is 0 Å². The minimum Gasteiger partial charge on any atom is -0.388 e. The first kappa shape index (κ1) is 13.2. The largest absolute Gasteiger partial charge is 0.389 e. The lowest BCUT2D eigenvalue weighted by molar-refractivity contribution is -0.135. The van der Waals surface area contributed by atoms with Crippen LogP contribution in [0.15, 0.2) is 24.3 Å². The third kappa shape index (κ3) is 3.16. The second-order valence-corrected chi connectivity index (χ2v) is 4.57. The third-order valence-corrected chi connectivity index (χ3v) is 3.20. The molecule has 5 heteroatoms. The topological polar surface area (TPSA) is 23.5 Å². The lowest BCUT2D eigenvalue weighted by Gasteiger charge is -2.33. The van der Waals surface area contributed by atoms with Crippen molar-refractivity contribution in [3.8, 4) is 0 Å². The molecular weight excluding hydrogens is 243 g/mol. The van der Waals surface area contributed by atoms with Crippen LogP contribution in [0.25, 0.3) is 0 Å². The van der Waals surface area contributed by atoms with Gasteiger partial charge in [0.2, 0.25) is 0 Å². The number of rotatable bonds is 3. The molecule has 0 aliphatic carbocycles. The van der Waals surface area contributed by atoms with Gasteiger partial charge >= 0.3 is 6.18 Å². The van der Waals surface area contributed by atoms with Gasteiger partial charge in [0.1, 0.15) is 0 Å². The van der Waals surface area contributed by atoms with Gasteiger partial charge in [-0.15, -0.1) is 0 Å². The van der Waals surface area contributed by atoms with Crippen LogP contribution in [-0.4, -0.2) is 24.4 Å². The van der Waals surface area contributed by atoms with Crippen molar-refractivity contribution < 1.29 is 18.3 Å². The first-order chi connectivity index (χ1) is 8.47. The summed E-state index contributed by atoms with van der Waals surface area (Å²) in [5, 5.41) is 9.83. The van der Waals surface area contributed by atoms with Crippen molar-refractivity contribution in [2.24, 2.45) is 0 Å². The maximum absolute atomic E-state index is 12.1. The molecule has 2 nitrogen and oxygen atoms in total. The van der Waals surface area contributed by atoms with Crippen LogP contribution in [0.5, 0.6) is 0 Å². The molecule has 0 saturated carbocycles. The van der Waals surface area contributed by atoms with E-state index in [-0.39, 0.29) is 6.42 Å². The van der Waals surface area contributed by atoms with Crippen molar-refractivity contribution in [3.05, 3.63) is 29.8 Å². The predicted octanol–water partition coefficient (Wildman–Crippen LogP) is 3.27. The predicted molar refractivity (Wildman–Crippen MR) is 63.5 cm³/mol. The molecule has 1 aliphatic heterocycles. The van der Waals surface area contributed by atoms with E-state index in [0.29, 0.717) is 19.5 Å². The number of hydrogen-bond acceptors (Lipinski definition) is 2. The molecule has 0 radical (unpaired) electrons. The van der Waals surface area contributed by atoms with Crippen LogP contribution in [0, 0.1) is 0 Å². The Hall–Kier alpha value is -1.23. The number of fused-ring (bicyclic) bond motifs is 1. The van der Waals surface area contributed by atoms with Crippen LogP contribution in [0.4, 0.5) is 18.9 Å². The Morgan fingerprint density at radius 1 is 1.28 bits per heavy atom. The summed E-state index contributed by atoms with van der Waals surface area (Å²) in [5.41, 5.74) is 1.68. The molecule has 1 unspecified atom stereocenters. The molecule has 1 aromatic carbocycles. The van der Waals surface area contributed by atoms with Gasteiger partial charge in [0.05, 0.1) is 6.10 Å². The quantitative estimate of drug-likeness (QED) is 0.900. The van der Waals surface area contributed by atoms with E-state index in [1.54, 1.807) is 0 Å². The van der Waals surface area contributed by atoms with Gasteiger partial charge in [-0.3, -0.25) is 0 Å². The van der Waals surface area contributed by atoms with Crippen LogP contribution in [0.1, 0.15) is 30.9 Å². The fourth-order valence-corrected chi connectivity index (χ4v) is 2.31. The Morgan fingerprint density at radius 2 is 2.00 bits per heavy atom. The molecule has 0 spiro atoms. The average Bonchev–Trinajstić information content (AvgIpc) is 2.31. The van der Waals surface area contributed by atoms with E-state index in [1.807, 2.05) is 29.2 Å². The van der Waals surface area contributed by atoms with Gasteiger partial charge in [-0.25, -0.2) is 0 Å². The Labute approximate surface area is 104 Å². The Morgan fingerprint density at radius 3 is 2.72 bits per heavy atom. The fraction of sp³-hybridized carbons (Fsp3) is 0.538. The van der Waals surface area contributed by atoms with Crippen LogP contribution in [0.3, 0.4) is 0 Å². The highest BCUT2D eigenvalue weighted by Crippen LogP contribution is 2.33. The van der Waals surface area contributed by atoms with E-state index in [9.17, 15) is 18.3 Å². The maximum Gasteiger partial charge on any atom is 0.389 e. The number of para-hydroxylation sites is 1. The van der Waals surface area contributed by atoms with Crippen LogP contribution >= 0.6 is 0 Å². The molecule has 0 saturated heterocycles. The monoisotopic (exact) mass is 259 g/mol. The summed E-state index contributed by atoms with van der Waals surface area (Å²) in [4.78, 5) is 1.92. The highest BCUT2D eigenvalue weighted by molar-refractivity contribution is 5.56. The number of benzene rings is 1. The van der Waals surface area contributed by atoms with Crippen molar-refractivity contribution in [2.45, 2.75) is 31.5 Å². The second kappa shape index (κ2) is 5.18. The van der Waals surface area contributed by atoms with E-state index in [4.69, 9.17) is 0 Å². The van der Waals surface area contributed by atoms with E-state index >= 15 is 0 Å². The van der Waals surface area contributed by atoms with Crippen LogP contribution < -0.4 is 4.90 Å². The number of halogens is 3. The standard InChI is InChI=1S/C13H16F3NO/c14-13(15,16)7-3-8-17-9-6-12(18)10-4-1-2-5-11(10)17/h1-2,4-5,12,18H,3,6-9H2. The highest BCUT2D eigenvalue weighted by atomic mass is 19.4. The van der Waals surface area contributed by atoms with E-state index < -0.39 is 18.7 Å². The zero-order valence-electron chi connectivity index (χ0n) is 9.95. The normalized spacial score (nSPS) is 19.8. The van der Waals surface area contributed by atoms with Gasteiger partial charge in [-0.1, -0.05) is 18.2 Å². The molecule has 1 N–H and O–H groups in total. The zero-order valence-corrected chi connectivity index (χ0v) is 9.95. The van der Waals surface area contributed by atoms with Crippen molar-refractivity contribution in [2.75, 3.05) is 18.0 Å². The number of hydrogen-bond donors (Lipinski definition) is 1. The van der Waals surface area contributed by atoms with Crippen molar-refractivity contribution in [3.63, 3.8) is 0 Å². The number of nitrogens with zero attached hydrogens (tertiary/aromatic N) is 1. The van der Waals surface area contributed by atoms with Crippen molar-refractivity contribution in [1.82, 2.24) is 0 Å². The smallest absolute Gasteiger partial charge is 0.388 e. The van der Waals surface area contributed by atoms with Gasteiger partial charge in [0.25, 0.3) is 0 Å². The number of anilines is 1. The second-order valence-electron chi connectivity index (χ2n) is 4.57. The number of aliphatic hydroxyl groups is 1. The molecule has 0 fully saturated rings. The Kier molecular flexibility index (Phi) is 3.80. The molecule has 1 heterocycles. The molecule has 100 valence electrons. The van der Waals surface area contributed by atoms with Gasteiger partial charge in [-0.2, -0.15) is 13.2 Å². The molecule has 1 aliphatic rings. The lowest BCUT2D eigenvalue weighted by Crippen LogP contribution is -2.32. The molecular formula is C13H16F3NO. The molecule has 2 rings (SSSR count). The minimum atomic E-state index is -4.09. The molecule has 1 atom stereocenters. The third-order valence-electron chi connectivity index (χ3n) is 3.20. The van der Waals surface area contributed by atoms with Gasteiger partial charge in [-0.05, 0) is 18.9 Å². The molecule has 18 heavy (non-hydrogen) atoms. The summed E-state index contributed by atoms with van der Waals surface area (Å²) in [6.45, 7) is 0.985. The van der Waals surface area contributed by atoms with Crippen LogP contribution in [-0.2, 0) is 0 Å². The van der Waals surface area contributed by atoms with Gasteiger partial charge in [0, 0.05) is 30.8 Å². The first-order valence-corrected chi connectivity index (χ1v) is 6.06. The van der Waals surface area contributed by atoms with E-state index in [2.05, 4.69) is 0 Å². The van der Waals surface area contributed by atoms with E-state index in [1.165, 1.54) is 0 Å². The Balaban J connectivity index is 2.01. The maximum atomic E-state index is 12.1. The summed E-state index contributed by atoms with van der Waals surface area (Å²) in [5.74, 6) is 0. The highest BCUT2D eigenvalue weighted by Gasteiger charge is 2.28. The fourth-order valence-electron chi connectivity index (χ4n) is 2.31. The average molecular weight is 259 g/mol. The van der Waals surface area contributed by atoms with Gasteiger partial charge < -0.3 is 10.0 Å². The number of aliphatic hydroxyl groups excluding tert-OH is 1. The Bertz CT molecular complexity index is 405. The molecule has 1 aromatic rings. The van der Waals surface area contributed by atoms with Crippen molar-refractivity contribution >= 4 is 5.69 Å². The molecule has 0 bridgehead atoms. The first-order valence-electron chi connectivity index (χ1n) is 6.06. The summed E-state index contributed by atoms with van der Waals surface area (Å²) >= 11 is 0. The molecule has 0 aromatic heterocycles. The van der Waals surface area contributed by atoms with Crippen molar-refractivity contribution in [1.29, 1.82) is 0 Å². The summed E-state index contributed by atoms with van der Waals surface area (Å²) < 4.78 is 36.3. The lowest BCUT2D eigenvalue weighted by atomic mass is 9.98. The summed E-state index contributed by atoms with van der Waals surface area (Å²) in [6.07, 6.45) is -4.68.